The van der Waals surface area contributed by atoms with E-state index >= 15 is 0 Å². The Bertz CT molecular complexity index is 1070. The van der Waals surface area contributed by atoms with Gasteiger partial charge in [-0.2, -0.15) is 0 Å². The molecule has 3 fully saturated rings. The second-order valence-corrected chi connectivity index (χ2v) is 32.0. The highest BCUT2D eigenvalue weighted by atomic mass is 16.5. The monoisotopic (exact) mass is 861 g/mol. The van der Waals surface area contributed by atoms with E-state index in [0.29, 0.717) is 75.8 Å². The van der Waals surface area contributed by atoms with Gasteiger partial charge in [-0.1, -0.05) is 254 Å². The molecule has 3 rings (SSSR count). The molecule has 1 aliphatic heterocycles. The summed E-state index contributed by atoms with van der Waals surface area (Å²) in [6.07, 6.45) is 16.6. The smallest absolute Gasteiger partial charge is 0.0471 e. The van der Waals surface area contributed by atoms with Gasteiger partial charge in [-0.3, -0.25) is 0 Å². The van der Waals surface area contributed by atoms with E-state index in [9.17, 15) is 0 Å². The van der Waals surface area contributed by atoms with E-state index in [2.05, 4.69) is 222 Å². The molecule has 1 heteroatoms. The molecule has 3 aliphatic rings. The van der Waals surface area contributed by atoms with Crippen LogP contribution in [0.15, 0.2) is 0 Å². The van der Waals surface area contributed by atoms with Crippen LogP contribution in [-0.2, 0) is 4.74 Å². The lowest BCUT2D eigenvalue weighted by Crippen LogP contribution is -2.49. The summed E-state index contributed by atoms with van der Waals surface area (Å²) in [5.41, 5.74) is 6.22. The third-order valence-corrected chi connectivity index (χ3v) is 17.9. The van der Waals surface area contributed by atoms with Gasteiger partial charge in [0.15, 0.2) is 0 Å². The maximum absolute atomic E-state index is 5.52. The summed E-state index contributed by atoms with van der Waals surface area (Å²) < 4.78 is 5.52. The van der Waals surface area contributed by atoms with E-state index in [1.807, 2.05) is 0 Å². The molecule has 0 radical (unpaired) electrons. The van der Waals surface area contributed by atoms with Crippen LogP contribution < -0.4 is 0 Å². The Morgan fingerprint density at radius 1 is 0.279 bits per heavy atom. The van der Waals surface area contributed by atoms with Crippen molar-refractivity contribution in [1.82, 2.24) is 0 Å². The SMILES string of the molecule is CC(C)(C)C(C)(C)C(C)(C)C.CC(C)(C)C1(C(C)(C)C)CCCC1.CC(C)(C)C1(C(C)(C)C)CCCCC1.CC(C)(C)C1(C(C)(C)C)CCOCC1.CC(C)(C)CC(C)(C)C. The molecular weight excluding hydrogens is 737 g/mol. The van der Waals surface area contributed by atoms with Crippen molar-refractivity contribution in [3.8, 4) is 0 Å². The van der Waals surface area contributed by atoms with Crippen LogP contribution in [0.1, 0.15) is 299 Å². The fraction of sp³-hybridized carbons (Fsp3) is 1.00. The van der Waals surface area contributed by atoms with Crippen molar-refractivity contribution in [1.29, 1.82) is 0 Å². The van der Waals surface area contributed by atoms with Crippen LogP contribution in [0.5, 0.6) is 0 Å². The molecule has 0 aromatic carbocycles. The first-order valence-electron chi connectivity index (χ1n) is 25.9. The Balaban J connectivity index is 0. The molecular formula is C60H124O. The summed E-state index contributed by atoms with van der Waals surface area (Å²) in [5.74, 6) is 0. The minimum absolute atomic E-state index is 0.370. The van der Waals surface area contributed by atoms with Crippen molar-refractivity contribution in [2.45, 2.75) is 299 Å². The average Bonchev–Trinajstić information content (AvgIpc) is 3.51. The second-order valence-electron chi connectivity index (χ2n) is 32.0. The molecule has 0 N–H and O–H groups in total. The van der Waals surface area contributed by atoms with Gasteiger partial charge < -0.3 is 4.74 Å². The molecule has 0 atom stereocenters. The normalized spacial score (nSPS) is 20.7. The quantitative estimate of drug-likeness (QED) is 0.236. The molecule has 2 aliphatic carbocycles. The van der Waals surface area contributed by atoms with E-state index in [4.69, 9.17) is 4.74 Å². The Hall–Kier alpha value is -0.0400. The van der Waals surface area contributed by atoms with Gasteiger partial charge in [-0.05, 0) is 121 Å². The predicted octanol–water partition coefficient (Wildman–Crippen LogP) is 21.1. The van der Waals surface area contributed by atoms with Gasteiger partial charge in [0.25, 0.3) is 0 Å². The molecule has 1 heterocycles. The molecule has 1 nitrogen and oxygen atoms in total. The molecule has 0 unspecified atom stereocenters. The summed E-state index contributed by atoms with van der Waals surface area (Å²) >= 11 is 0. The fourth-order valence-electron chi connectivity index (χ4n) is 13.4. The molecule has 0 aromatic heterocycles. The van der Waals surface area contributed by atoms with Crippen molar-refractivity contribution in [3.05, 3.63) is 0 Å². The zero-order chi connectivity index (χ0) is 49.6. The highest BCUT2D eigenvalue weighted by Crippen LogP contribution is 2.62. The van der Waals surface area contributed by atoms with E-state index < -0.39 is 0 Å². The molecule has 370 valence electrons. The zero-order valence-corrected chi connectivity index (χ0v) is 49.3. The number of hydrogen-bond donors (Lipinski definition) is 0. The van der Waals surface area contributed by atoms with Gasteiger partial charge in [0.05, 0.1) is 0 Å². The Kier molecular flexibility index (Phi) is 22.0. The van der Waals surface area contributed by atoms with E-state index in [0.717, 1.165) is 13.2 Å². The van der Waals surface area contributed by atoms with Crippen molar-refractivity contribution in [3.63, 3.8) is 0 Å². The van der Waals surface area contributed by atoms with Crippen LogP contribution in [0.2, 0.25) is 0 Å². The van der Waals surface area contributed by atoms with E-state index in [1.54, 1.807) is 0 Å². The second kappa shape index (κ2) is 21.3. The van der Waals surface area contributed by atoms with Crippen molar-refractivity contribution in [2.75, 3.05) is 13.2 Å². The van der Waals surface area contributed by atoms with Gasteiger partial charge in [-0.25, -0.2) is 0 Å². The van der Waals surface area contributed by atoms with Crippen LogP contribution in [0.4, 0.5) is 0 Å². The number of hydrogen-bond acceptors (Lipinski definition) is 1. The van der Waals surface area contributed by atoms with Crippen molar-refractivity contribution in [2.24, 2.45) is 75.8 Å². The first-order chi connectivity index (χ1) is 26.3. The van der Waals surface area contributed by atoms with Crippen LogP contribution >= 0.6 is 0 Å². The lowest BCUT2D eigenvalue weighted by molar-refractivity contribution is -0.113. The summed E-state index contributed by atoms with van der Waals surface area (Å²) in [6, 6.07) is 0. The lowest BCUT2D eigenvalue weighted by atomic mass is 9.49. The highest BCUT2D eigenvalue weighted by Gasteiger charge is 2.53. The molecule has 61 heavy (non-hydrogen) atoms. The lowest BCUT2D eigenvalue weighted by Gasteiger charge is -2.56. The average molecular weight is 862 g/mol. The molecule has 0 aromatic rings. The Morgan fingerprint density at radius 3 is 0.590 bits per heavy atom. The summed E-state index contributed by atoms with van der Waals surface area (Å²) in [4.78, 5) is 0. The number of ether oxygens (including phenoxy) is 1. The largest absolute Gasteiger partial charge is 0.381 e. The van der Waals surface area contributed by atoms with Gasteiger partial charge >= 0.3 is 0 Å². The summed E-state index contributed by atoms with van der Waals surface area (Å²) in [6.45, 7) is 77.6. The minimum Gasteiger partial charge on any atom is -0.381 e. The maximum Gasteiger partial charge on any atom is 0.0471 e. The summed E-state index contributed by atoms with van der Waals surface area (Å²) in [5, 5.41) is 0. The van der Waals surface area contributed by atoms with E-state index in [1.165, 1.54) is 77.0 Å². The van der Waals surface area contributed by atoms with Crippen LogP contribution in [0.3, 0.4) is 0 Å². The first-order valence-corrected chi connectivity index (χ1v) is 25.9. The van der Waals surface area contributed by atoms with Crippen LogP contribution in [-0.4, -0.2) is 13.2 Å². The third-order valence-electron chi connectivity index (χ3n) is 17.9. The Labute approximate surface area is 390 Å². The standard InChI is InChI=1S/C14H28.C13H26O.C13H26.C11H24.C9H20/c1-12(2,3)14(13(4,5)6)10-8-7-9-11-14;1-11(2,3)13(12(4,5)6)7-9-14-10-8-13;1-11(2,3)13(12(4,5)6)9-7-8-10-13;1-9(2,3)11(7,8)10(4,5)6;1-8(2,3)7-9(4,5)6/h7-11H2,1-6H3;7-10H2,1-6H3;7-10H2,1-6H3;1-8H3;7H2,1-6H3. The predicted molar refractivity (Wildman–Crippen MR) is 282 cm³/mol. The van der Waals surface area contributed by atoms with E-state index in [-0.39, 0.29) is 0 Å². The molecule has 2 saturated carbocycles. The van der Waals surface area contributed by atoms with Gasteiger partial charge in [0, 0.05) is 13.2 Å². The number of rotatable bonds is 0. The third kappa shape index (κ3) is 17.6. The zero-order valence-electron chi connectivity index (χ0n) is 49.3. The topological polar surface area (TPSA) is 9.23 Å². The fourth-order valence-corrected chi connectivity index (χ4v) is 13.4. The molecule has 0 spiro atoms. The molecule has 0 amide bonds. The maximum atomic E-state index is 5.52. The Morgan fingerprint density at radius 2 is 0.475 bits per heavy atom. The van der Waals surface area contributed by atoms with Gasteiger partial charge in [-0.15, -0.1) is 0 Å². The van der Waals surface area contributed by atoms with Crippen molar-refractivity contribution < 1.29 is 4.74 Å². The van der Waals surface area contributed by atoms with Crippen LogP contribution in [0.25, 0.3) is 0 Å². The molecule has 0 bridgehead atoms. The summed E-state index contributed by atoms with van der Waals surface area (Å²) in [7, 11) is 0. The molecule has 1 saturated heterocycles. The van der Waals surface area contributed by atoms with Gasteiger partial charge in [0.1, 0.15) is 0 Å². The van der Waals surface area contributed by atoms with Crippen molar-refractivity contribution >= 4 is 0 Å². The van der Waals surface area contributed by atoms with Gasteiger partial charge in [0.2, 0.25) is 0 Å². The minimum atomic E-state index is 0.370. The highest BCUT2D eigenvalue weighted by molar-refractivity contribution is 5.02. The first kappa shape index (κ1) is 63.0. The van der Waals surface area contributed by atoms with Crippen LogP contribution in [0, 0.1) is 75.8 Å².